The van der Waals surface area contributed by atoms with E-state index in [1.54, 1.807) is 19.2 Å². The van der Waals surface area contributed by atoms with Crippen LogP contribution in [0.2, 0.25) is 0 Å². The van der Waals surface area contributed by atoms with Crippen molar-refractivity contribution in [2.75, 3.05) is 39.6 Å². The molecular formula is C19H25N3O2. The largest absolute Gasteiger partial charge is 0.497 e. The molecule has 0 aliphatic rings. The van der Waals surface area contributed by atoms with Gasteiger partial charge >= 0.3 is 0 Å². The maximum Gasteiger partial charge on any atom is 0.251 e. The molecule has 2 aromatic carbocycles. The number of likely N-dealkylation sites (N-methyl/N-ethyl adjacent to an activating group) is 1. The molecule has 2 rings (SSSR count). The number of methoxy groups -OCH3 is 1. The van der Waals surface area contributed by atoms with Crippen molar-refractivity contribution in [1.82, 2.24) is 10.2 Å². The highest BCUT2D eigenvalue weighted by Gasteiger charge is 2.06. The topological polar surface area (TPSA) is 53.6 Å². The van der Waals surface area contributed by atoms with E-state index >= 15 is 0 Å². The standard InChI is InChI=1S/C19H25N3O2/c1-22(2)12-11-20-17-9-7-15(8-10-17)14-21-19(23)16-5-4-6-18(13-16)24-3/h4-10,13,20H,11-12,14H2,1-3H3,(H,21,23). The molecule has 5 nitrogen and oxygen atoms in total. The van der Waals surface area contributed by atoms with Crippen molar-refractivity contribution in [2.45, 2.75) is 6.54 Å². The molecule has 24 heavy (non-hydrogen) atoms. The number of carbonyl (C=O) groups excluding carboxylic acids is 1. The highest BCUT2D eigenvalue weighted by Crippen LogP contribution is 2.13. The first kappa shape index (κ1) is 17.8. The first-order valence-electron chi connectivity index (χ1n) is 7.98. The van der Waals surface area contributed by atoms with Crippen LogP contribution in [0.1, 0.15) is 15.9 Å². The molecule has 0 aromatic heterocycles. The lowest BCUT2D eigenvalue weighted by Crippen LogP contribution is -2.22. The number of rotatable bonds is 8. The zero-order valence-electron chi connectivity index (χ0n) is 14.5. The smallest absolute Gasteiger partial charge is 0.251 e. The molecular weight excluding hydrogens is 302 g/mol. The molecule has 0 fully saturated rings. The summed E-state index contributed by atoms with van der Waals surface area (Å²) >= 11 is 0. The Morgan fingerprint density at radius 1 is 1.12 bits per heavy atom. The van der Waals surface area contributed by atoms with Gasteiger partial charge in [0.1, 0.15) is 5.75 Å². The van der Waals surface area contributed by atoms with Crippen molar-refractivity contribution < 1.29 is 9.53 Å². The average molecular weight is 327 g/mol. The average Bonchev–Trinajstić information content (AvgIpc) is 2.60. The quantitative estimate of drug-likeness (QED) is 0.782. The number of nitrogens with zero attached hydrogens (tertiary/aromatic N) is 1. The molecule has 2 N–H and O–H groups in total. The minimum atomic E-state index is -0.109. The highest BCUT2D eigenvalue weighted by atomic mass is 16.5. The highest BCUT2D eigenvalue weighted by molar-refractivity contribution is 5.94. The molecule has 0 saturated carbocycles. The molecule has 0 bridgehead atoms. The van der Waals surface area contributed by atoms with Gasteiger partial charge in [-0.15, -0.1) is 0 Å². The molecule has 1 amide bonds. The number of anilines is 1. The second-order valence-corrected chi connectivity index (χ2v) is 5.84. The van der Waals surface area contributed by atoms with Crippen molar-refractivity contribution in [1.29, 1.82) is 0 Å². The molecule has 0 aliphatic heterocycles. The summed E-state index contributed by atoms with van der Waals surface area (Å²) in [4.78, 5) is 14.3. The summed E-state index contributed by atoms with van der Waals surface area (Å²) in [7, 11) is 5.69. The Bertz CT molecular complexity index is 654. The van der Waals surface area contributed by atoms with Gasteiger partial charge in [0.05, 0.1) is 7.11 Å². The van der Waals surface area contributed by atoms with Crippen molar-refractivity contribution in [3.63, 3.8) is 0 Å². The lowest BCUT2D eigenvalue weighted by Gasteiger charge is -2.12. The molecule has 0 atom stereocenters. The van der Waals surface area contributed by atoms with Crippen LogP contribution in [-0.4, -0.2) is 45.1 Å². The van der Waals surface area contributed by atoms with Crippen LogP contribution in [0, 0.1) is 0 Å². The van der Waals surface area contributed by atoms with Crippen LogP contribution in [0.3, 0.4) is 0 Å². The van der Waals surface area contributed by atoms with Gasteiger partial charge in [-0.05, 0) is 50.0 Å². The Morgan fingerprint density at radius 3 is 2.54 bits per heavy atom. The minimum absolute atomic E-state index is 0.109. The molecule has 5 heteroatoms. The van der Waals surface area contributed by atoms with E-state index in [2.05, 4.69) is 29.6 Å². The van der Waals surface area contributed by atoms with Gasteiger partial charge in [0.25, 0.3) is 5.91 Å². The van der Waals surface area contributed by atoms with E-state index in [0.717, 1.165) is 24.3 Å². The first-order valence-corrected chi connectivity index (χ1v) is 7.98. The minimum Gasteiger partial charge on any atom is -0.497 e. The van der Waals surface area contributed by atoms with Gasteiger partial charge in [-0.2, -0.15) is 0 Å². The monoisotopic (exact) mass is 327 g/mol. The summed E-state index contributed by atoms with van der Waals surface area (Å²) in [5, 5.41) is 6.29. The molecule has 128 valence electrons. The SMILES string of the molecule is COc1cccc(C(=O)NCc2ccc(NCCN(C)C)cc2)c1. The molecule has 2 aromatic rings. The van der Waals surface area contributed by atoms with Crippen molar-refractivity contribution in [3.05, 3.63) is 59.7 Å². The summed E-state index contributed by atoms with van der Waals surface area (Å²) < 4.78 is 5.14. The summed E-state index contributed by atoms with van der Waals surface area (Å²) in [5.41, 5.74) is 2.74. The number of nitrogens with one attached hydrogen (secondary N) is 2. The van der Waals surface area contributed by atoms with Crippen LogP contribution >= 0.6 is 0 Å². The summed E-state index contributed by atoms with van der Waals surface area (Å²) in [6.45, 7) is 2.38. The predicted molar refractivity (Wildman–Crippen MR) is 97.6 cm³/mol. The molecule has 0 heterocycles. The van der Waals surface area contributed by atoms with E-state index in [1.807, 2.05) is 36.4 Å². The van der Waals surface area contributed by atoms with E-state index in [0.29, 0.717) is 17.9 Å². The lowest BCUT2D eigenvalue weighted by molar-refractivity contribution is 0.0950. The molecule has 0 radical (unpaired) electrons. The zero-order valence-corrected chi connectivity index (χ0v) is 14.5. The Morgan fingerprint density at radius 2 is 1.88 bits per heavy atom. The van der Waals surface area contributed by atoms with Gasteiger partial charge in [-0.1, -0.05) is 18.2 Å². The molecule has 0 spiro atoms. The maximum absolute atomic E-state index is 12.2. The fourth-order valence-corrected chi connectivity index (χ4v) is 2.21. The number of amides is 1. The number of carbonyl (C=O) groups is 1. The van der Waals surface area contributed by atoms with Crippen LogP contribution in [0.25, 0.3) is 0 Å². The number of ether oxygens (including phenoxy) is 1. The third-order valence-electron chi connectivity index (χ3n) is 3.63. The summed E-state index contributed by atoms with van der Waals surface area (Å²) in [6, 6.07) is 15.2. The van der Waals surface area contributed by atoms with Gasteiger partial charge in [-0.25, -0.2) is 0 Å². The number of hydrogen-bond acceptors (Lipinski definition) is 4. The van der Waals surface area contributed by atoms with Gasteiger partial charge in [-0.3, -0.25) is 4.79 Å². The Hall–Kier alpha value is -2.53. The lowest BCUT2D eigenvalue weighted by atomic mass is 10.1. The van der Waals surface area contributed by atoms with Gasteiger partial charge in [0, 0.05) is 30.9 Å². The number of hydrogen-bond donors (Lipinski definition) is 2. The third-order valence-corrected chi connectivity index (χ3v) is 3.63. The Kier molecular flexibility index (Phi) is 6.63. The van der Waals surface area contributed by atoms with Crippen LogP contribution in [0.5, 0.6) is 5.75 Å². The van der Waals surface area contributed by atoms with Gasteiger partial charge < -0.3 is 20.3 Å². The van der Waals surface area contributed by atoms with E-state index in [4.69, 9.17) is 4.74 Å². The fourth-order valence-electron chi connectivity index (χ4n) is 2.21. The zero-order chi connectivity index (χ0) is 17.4. The molecule has 0 saturated heterocycles. The van der Waals surface area contributed by atoms with Crippen LogP contribution < -0.4 is 15.4 Å². The van der Waals surface area contributed by atoms with Gasteiger partial charge in [0.2, 0.25) is 0 Å². The van der Waals surface area contributed by atoms with E-state index in [-0.39, 0.29) is 5.91 Å². The third kappa shape index (κ3) is 5.59. The Balaban J connectivity index is 1.84. The van der Waals surface area contributed by atoms with E-state index in [1.165, 1.54) is 0 Å². The maximum atomic E-state index is 12.2. The second-order valence-electron chi connectivity index (χ2n) is 5.84. The van der Waals surface area contributed by atoms with Crippen LogP contribution in [0.4, 0.5) is 5.69 Å². The van der Waals surface area contributed by atoms with Gasteiger partial charge in [0.15, 0.2) is 0 Å². The first-order chi connectivity index (χ1) is 11.6. The van der Waals surface area contributed by atoms with Crippen molar-refractivity contribution in [3.8, 4) is 5.75 Å². The van der Waals surface area contributed by atoms with E-state index in [9.17, 15) is 4.79 Å². The number of benzene rings is 2. The molecule has 0 unspecified atom stereocenters. The van der Waals surface area contributed by atoms with Crippen molar-refractivity contribution in [2.24, 2.45) is 0 Å². The predicted octanol–water partition coefficient (Wildman–Crippen LogP) is 2.60. The summed E-state index contributed by atoms with van der Waals surface area (Å²) in [6.07, 6.45) is 0. The Labute approximate surface area is 143 Å². The summed E-state index contributed by atoms with van der Waals surface area (Å²) in [5.74, 6) is 0.567. The van der Waals surface area contributed by atoms with E-state index < -0.39 is 0 Å². The fraction of sp³-hybridized carbons (Fsp3) is 0.316. The van der Waals surface area contributed by atoms with Crippen LogP contribution in [0.15, 0.2) is 48.5 Å². The van der Waals surface area contributed by atoms with Crippen LogP contribution in [-0.2, 0) is 6.54 Å². The van der Waals surface area contributed by atoms with Crippen molar-refractivity contribution >= 4 is 11.6 Å². The second kappa shape index (κ2) is 8.93. The molecule has 0 aliphatic carbocycles. The normalized spacial score (nSPS) is 10.5.